The van der Waals surface area contributed by atoms with E-state index in [9.17, 15) is 0 Å². The Balaban J connectivity index is 2.15. The van der Waals surface area contributed by atoms with Gasteiger partial charge in [0, 0.05) is 25.6 Å². The van der Waals surface area contributed by atoms with Crippen molar-refractivity contribution >= 4 is 0 Å². The smallest absolute Gasteiger partial charge is 0.111 e. The van der Waals surface area contributed by atoms with E-state index in [0.717, 1.165) is 12.1 Å². The van der Waals surface area contributed by atoms with Crippen molar-refractivity contribution in [1.29, 1.82) is 0 Å². The van der Waals surface area contributed by atoms with Gasteiger partial charge in [0.15, 0.2) is 0 Å². The highest BCUT2D eigenvalue weighted by Crippen LogP contribution is 2.33. The summed E-state index contributed by atoms with van der Waals surface area (Å²) in [7, 11) is 2.10. The lowest BCUT2D eigenvalue weighted by Crippen LogP contribution is -2.03. The molecule has 14 heavy (non-hydrogen) atoms. The van der Waals surface area contributed by atoms with Gasteiger partial charge in [0.2, 0.25) is 0 Å². The van der Waals surface area contributed by atoms with Gasteiger partial charge in [-0.15, -0.1) is 0 Å². The van der Waals surface area contributed by atoms with E-state index in [0.29, 0.717) is 12.5 Å². The molecule has 0 atom stereocenters. The fourth-order valence-corrected chi connectivity index (χ4v) is 2.38. The quantitative estimate of drug-likeness (QED) is 0.792. The van der Waals surface area contributed by atoms with Crippen molar-refractivity contribution in [1.82, 2.24) is 9.55 Å². The van der Waals surface area contributed by atoms with Crippen LogP contribution in [0.25, 0.3) is 0 Å². The van der Waals surface area contributed by atoms with Crippen LogP contribution in [-0.4, -0.2) is 16.1 Å². The van der Waals surface area contributed by atoms with Crippen LogP contribution in [0.4, 0.5) is 0 Å². The van der Waals surface area contributed by atoms with Crippen LogP contribution in [0.15, 0.2) is 6.20 Å². The summed E-state index contributed by atoms with van der Waals surface area (Å²) in [4.78, 5) is 4.66. The molecule has 1 aliphatic carbocycles. The second kappa shape index (κ2) is 4.13. The Bertz CT molecular complexity index is 297. The molecular formula is C11H19N3. The molecule has 1 fully saturated rings. The van der Waals surface area contributed by atoms with E-state index in [1.165, 1.54) is 31.5 Å². The summed E-state index contributed by atoms with van der Waals surface area (Å²) < 4.78 is 2.18. The molecule has 0 radical (unpaired) electrons. The SMILES string of the molecule is Cn1cc(CCN)nc1C1CCCC1. The number of aromatic nitrogens is 2. The van der Waals surface area contributed by atoms with Crippen molar-refractivity contribution in [3.63, 3.8) is 0 Å². The topological polar surface area (TPSA) is 43.8 Å². The summed E-state index contributed by atoms with van der Waals surface area (Å²) in [6.07, 6.45) is 8.38. The molecule has 1 saturated carbocycles. The highest BCUT2D eigenvalue weighted by molar-refractivity contribution is 5.09. The Morgan fingerprint density at radius 2 is 2.21 bits per heavy atom. The Morgan fingerprint density at radius 3 is 2.86 bits per heavy atom. The minimum absolute atomic E-state index is 0.696. The van der Waals surface area contributed by atoms with E-state index in [1.54, 1.807) is 0 Å². The fraction of sp³-hybridized carbons (Fsp3) is 0.727. The Hall–Kier alpha value is -0.830. The standard InChI is InChI=1S/C11H19N3/c1-14-8-10(6-7-12)13-11(14)9-4-2-3-5-9/h8-9H,2-7,12H2,1H3. The minimum Gasteiger partial charge on any atom is -0.337 e. The molecule has 1 aromatic rings. The van der Waals surface area contributed by atoms with Crippen LogP contribution in [0.1, 0.15) is 43.1 Å². The predicted molar refractivity (Wildman–Crippen MR) is 57.2 cm³/mol. The highest BCUT2D eigenvalue weighted by atomic mass is 15.1. The number of imidazole rings is 1. The predicted octanol–water partition coefficient (Wildman–Crippen LogP) is 1.58. The number of aryl methyl sites for hydroxylation is 1. The van der Waals surface area contributed by atoms with Gasteiger partial charge in [0.1, 0.15) is 5.82 Å². The maximum absolute atomic E-state index is 5.52. The van der Waals surface area contributed by atoms with E-state index >= 15 is 0 Å². The molecule has 3 nitrogen and oxygen atoms in total. The van der Waals surface area contributed by atoms with E-state index in [-0.39, 0.29) is 0 Å². The molecule has 78 valence electrons. The first kappa shape index (κ1) is 9.71. The molecule has 0 amide bonds. The first-order valence-electron chi connectivity index (χ1n) is 5.53. The van der Waals surface area contributed by atoms with Crippen LogP contribution in [-0.2, 0) is 13.5 Å². The van der Waals surface area contributed by atoms with Gasteiger partial charge >= 0.3 is 0 Å². The maximum atomic E-state index is 5.52. The maximum Gasteiger partial charge on any atom is 0.111 e. The first-order valence-corrected chi connectivity index (χ1v) is 5.53. The molecule has 0 unspecified atom stereocenters. The van der Waals surface area contributed by atoms with Gasteiger partial charge in [0.05, 0.1) is 5.69 Å². The summed E-state index contributed by atoms with van der Waals surface area (Å²) in [5, 5.41) is 0. The van der Waals surface area contributed by atoms with Gasteiger partial charge in [-0.25, -0.2) is 4.98 Å². The third kappa shape index (κ3) is 1.82. The average molecular weight is 193 g/mol. The van der Waals surface area contributed by atoms with Crippen LogP contribution >= 0.6 is 0 Å². The second-order valence-corrected chi connectivity index (χ2v) is 4.22. The zero-order valence-corrected chi connectivity index (χ0v) is 8.87. The molecule has 1 heterocycles. The van der Waals surface area contributed by atoms with Crippen LogP contribution in [0.3, 0.4) is 0 Å². The van der Waals surface area contributed by atoms with Crippen molar-refractivity contribution in [3.05, 3.63) is 17.7 Å². The van der Waals surface area contributed by atoms with Gasteiger partial charge in [0.25, 0.3) is 0 Å². The monoisotopic (exact) mass is 193 g/mol. The molecule has 1 aromatic heterocycles. The first-order chi connectivity index (χ1) is 6.81. The average Bonchev–Trinajstić information content (AvgIpc) is 2.74. The molecule has 1 aliphatic rings. The third-order valence-corrected chi connectivity index (χ3v) is 3.08. The van der Waals surface area contributed by atoms with Crippen LogP contribution in [0.5, 0.6) is 0 Å². The summed E-state index contributed by atoms with van der Waals surface area (Å²) in [6, 6.07) is 0. The Kier molecular flexibility index (Phi) is 2.87. The summed E-state index contributed by atoms with van der Waals surface area (Å²) in [6.45, 7) is 0.696. The lowest BCUT2D eigenvalue weighted by molar-refractivity contribution is 0.631. The van der Waals surface area contributed by atoms with Crippen LogP contribution in [0.2, 0.25) is 0 Å². The molecule has 0 saturated heterocycles. The van der Waals surface area contributed by atoms with E-state index in [4.69, 9.17) is 5.73 Å². The van der Waals surface area contributed by atoms with Gasteiger partial charge in [-0.05, 0) is 19.4 Å². The second-order valence-electron chi connectivity index (χ2n) is 4.22. The Labute approximate surface area is 85.3 Å². The van der Waals surface area contributed by atoms with Crippen molar-refractivity contribution in [2.24, 2.45) is 12.8 Å². The zero-order valence-electron chi connectivity index (χ0n) is 8.87. The van der Waals surface area contributed by atoms with E-state index < -0.39 is 0 Å². The van der Waals surface area contributed by atoms with Crippen LogP contribution in [0, 0.1) is 0 Å². The number of rotatable bonds is 3. The normalized spacial score (nSPS) is 17.9. The largest absolute Gasteiger partial charge is 0.337 e. The molecule has 0 bridgehead atoms. The van der Waals surface area contributed by atoms with E-state index in [2.05, 4.69) is 22.8 Å². The molecule has 2 N–H and O–H groups in total. The van der Waals surface area contributed by atoms with Gasteiger partial charge in [-0.3, -0.25) is 0 Å². The van der Waals surface area contributed by atoms with Gasteiger partial charge in [-0.2, -0.15) is 0 Å². The molecule has 0 aliphatic heterocycles. The van der Waals surface area contributed by atoms with Crippen molar-refractivity contribution in [3.8, 4) is 0 Å². The number of nitrogens with zero attached hydrogens (tertiary/aromatic N) is 2. The summed E-state index contributed by atoms with van der Waals surface area (Å²) in [5.74, 6) is 1.97. The molecule has 0 aromatic carbocycles. The molecule has 0 spiro atoms. The van der Waals surface area contributed by atoms with Crippen molar-refractivity contribution in [2.45, 2.75) is 38.0 Å². The minimum atomic E-state index is 0.696. The molecule has 3 heteroatoms. The fourth-order valence-electron chi connectivity index (χ4n) is 2.38. The lowest BCUT2D eigenvalue weighted by Gasteiger charge is -2.07. The van der Waals surface area contributed by atoms with Crippen molar-refractivity contribution < 1.29 is 0 Å². The zero-order chi connectivity index (χ0) is 9.97. The van der Waals surface area contributed by atoms with Gasteiger partial charge < -0.3 is 10.3 Å². The third-order valence-electron chi connectivity index (χ3n) is 3.08. The van der Waals surface area contributed by atoms with E-state index in [1.807, 2.05) is 0 Å². The van der Waals surface area contributed by atoms with Gasteiger partial charge in [-0.1, -0.05) is 12.8 Å². The number of nitrogens with two attached hydrogens (primary N) is 1. The molecule has 2 rings (SSSR count). The highest BCUT2D eigenvalue weighted by Gasteiger charge is 2.21. The summed E-state index contributed by atoms with van der Waals surface area (Å²) in [5.41, 5.74) is 6.67. The van der Waals surface area contributed by atoms with Crippen molar-refractivity contribution in [2.75, 3.05) is 6.54 Å². The summed E-state index contributed by atoms with van der Waals surface area (Å²) >= 11 is 0. The number of hydrogen-bond acceptors (Lipinski definition) is 2. The van der Waals surface area contributed by atoms with Crippen LogP contribution < -0.4 is 5.73 Å². The number of hydrogen-bond donors (Lipinski definition) is 1. The molecular weight excluding hydrogens is 174 g/mol. The Morgan fingerprint density at radius 1 is 1.50 bits per heavy atom. The lowest BCUT2D eigenvalue weighted by atomic mass is 10.1.